The Morgan fingerprint density at radius 1 is 1.80 bits per heavy atom. The summed E-state index contributed by atoms with van der Waals surface area (Å²) >= 11 is 0. The van der Waals surface area contributed by atoms with Crippen molar-refractivity contribution in [2.45, 2.75) is 18.9 Å². The summed E-state index contributed by atoms with van der Waals surface area (Å²) in [6, 6.07) is -0.432. The van der Waals surface area contributed by atoms with E-state index in [1.54, 1.807) is 0 Å². The fraction of sp³-hybridized carbons (Fsp3) is 0.571. The third kappa shape index (κ3) is 1.57. The van der Waals surface area contributed by atoms with Gasteiger partial charge in [0, 0.05) is 0 Å². The molecule has 0 amide bonds. The summed E-state index contributed by atoms with van der Waals surface area (Å²) in [7, 11) is 0. The summed E-state index contributed by atoms with van der Waals surface area (Å²) in [5.41, 5.74) is 5.49. The van der Waals surface area contributed by atoms with E-state index in [9.17, 15) is 4.79 Å². The van der Waals surface area contributed by atoms with Gasteiger partial charge in [-0.2, -0.15) is 0 Å². The number of rotatable bonds is 3. The zero-order chi connectivity index (χ0) is 7.56. The van der Waals surface area contributed by atoms with Gasteiger partial charge in [0.25, 0.3) is 0 Å². The topological polar surface area (TPSA) is 52.3 Å². The Morgan fingerprint density at radius 2 is 2.40 bits per heavy atom. The molecule has 0 aromatic heterocycles. The lowest BCUT2D eigenvalue weighted by atomic mass is 10.2. The van der Waals surface area contributed by atoms with E-state index in [2.05, 4.69) is 11.3 Å². The first-order valence-corrected chi connectivity index (χ1v) is 3.32. The monoisotopic (exact) mass is 141 g/mol. The van der Waals surface area contributed by atoms with Crippen molar-refractivity contribution in [1.29, 1.82) is 0 Å². The van der Waals surface area contributed by atoms with E-state index in [1.807, 2.05) is 0 Å². The van der Waals surface area contributed by atoms with Crippen LogP contribution >= 0.6 is 0 Å². The molecule has 1 aliphatic rings. The molecule has 3 heteroatoms. The standard InChI is InChI=1S/C7H11NO2/c1-2-10-7(9)6(8)5-3-4-5/h2,5-6H,1,3-4,8H2. The molecule has 1 atom stereocenters. The van der Waals surface area contributed by atoms with Gasteiger partial charge < -0.3 is 10.5 Å². The quantitative estimate of drug-likeness (QED) is 0.457. The highest BCUT2D eigenvalue weighted by Gasteiger charge is 2.33. The molecule has 0 spiro atoms. The number of hydrogen-bond donors (Lipinski definition) is 1. The third-order valence-corrected chi connectivity index (χ3v) is 1.60. The van der Waals surface area contributed by atoms with Crippen LogP contribution < -0.4 is 5.73 Å². The first-order valence-electron chi connectivity index (χ1n) is 3.32. The van der Waals surface area contributed by atoms with Gasteiger partial charge >= 0.3 is 5.97 Å². The predicted octanol–water partition coefficient (Wildman–Crippen LogP) is 0.410. The fourth-order valence-electron chi connectivity index (χ4n) is 0.808. The number of carbonyl (C=O) groups is 1. The van der Waals surface area contributed by atoms with E-state index >= 15 is 0 Å². The zero-order valence-corrected chi connectivity index (χ0v) is 5.75. The number of esters is 1. The lowest BCUT2D eigenvalue weighted by Gasteiger charge is -2.05. The van der Waals surface area contributed by atoms with Gasteiger partial charge in [-0.25, -0.2) is 4.79 Å². The van der Waals surface area contributed by atoms with Gasteiger partial charge in [0.2, 0.25) is 0 Å². The van der Waals surface area contributed by atoms with Crippen molar-refractivity contribution in [2.75, 3.05) is 0 Å². The van der Waals surface area contributed by atoms with Crippen LogP contribution in [0.15, 0.2) is 12.8 Å². The molecule has 3 nitrogen and oxygen atoms in total. The zero-order valence-electron chi connectivity index (χ0n) is 5.75. The molecule has 56 valence electrons. The molecule has 0 aromatic rings. The maximum atomic E-state index is 10.8. The Bertz CT molecular complexity index is 152. The Kier molecular flexibility index (Phi) is 2.06. The number of carbonyl (C=O) groups excluding carboxylic acids is 1. The second kappa shape index (κ2) is 2.84. The van der Waals surface area contributed by atoms with Crippen molar-refractivity contribution in [3.8, 4) is 0 Å². The molecule has 1 saturated carbocycles. The third-order valence-electron chi connectivity index (χ3n) is 1.60. The molecule has 0 aliphatic heterocycles. The average molecular weight is 141 g/mol. The molecule has 1 rings (SSSR count). The summed E-state index contributed by atoms with van der Waals surface area (Å²) < 4.78 is 4.50. The highest BCUT2D eigenvalue weighted by atomic mass is 16.5. The minimum absolute atomic E-state index is 0.354. The Morgan fingerprint density at radius 3 is 2.80 bits per heavy atom. The number of nitrogens with two attached hydrogens (primary N) is 1. The first kappa shape index (κ1) is 7.28. The largest absolute Gasteiger partial charge is 0.434 e. The molecule has 2 N–H and O–H groups in total. The first-order chi connectivity index (χ1) is 4.75. The van der Waals surface area contributed by atoms with Crippen LogP contribution in [0.1, 0.15) is 12.8 Å². The highest BCUT2D eigenvalue weighted by molar-refractivity contribution is 5.76. The number of hydrogen-bond acceptors (Lipinski definition) is 3. The van der Waals surface area contributed by atoms with E-state index in [4.69, 9.17) is 5.73 Å². The molecule has 0 bridgehead atoms. The summed E-state index contributed by atoms with van der Waals surface area (Å²) in [5, 5.41) is 0. The smallest absolute Gasteiger partial charge is 0.327 e. The molecule has 0 saturated heterocycles. The Balaban J connectivity index is 2.30. The normalized spacial score (nSPS) is 19.7. The van der Waals surface area contributed by atoms with E-state index < -0.39 is 6.04 Å². The minimum atomic E-state index is -0.432. The van der Waals surface area contributed by atoms with Crippen LogP contribution in [0.25, 0.3) is 0 Å². The van der Waals surface area contributed by atoms with Crippen LogP contribution in [0.2, 0.25) is 0 Å². The Hall–Kier alpha value is -0.830. The lowest BCUT2D eigenvalue weighted by molar-refractivity contribution is -0.139. The van der Waals surface area contributed by atoms with Crippen LogP contribution in [-0.2, 0) is 9.53 Å². The summed E-state index contributed by atoms with van der Waals surface area (Å²) in [6.45, 7) is 3.26. The fourth-order valence-corrected chi connectivity index (χ4v) is 0.808. The van der Waals surface area contributed by atoms with Crippen molar-refractivity contribution in [3.05, 3.63) is 12.8 Å². The van der Waals surface area contributed by atoms with Gasteiger partial charge in [-0.1, -0.05) is 6.58 Å². The van der Waals surface area contributed by atoms with E-state index in [0.29, 0.717) is 5.92 Å². The van der Waals surface area contributed by atoms with Crippen LogP contribution in [-0.4, -0.2) is 12.0 Å². The maximum absolute atomic E-state index is 10.8. The van der Waals surface area contributed by atoms with Gasteiger partial charge in [-0.3, -0.25) is 0 Å². The van der Waals surface area contributed by atoms with Crippen molar-refractivity contribution in [2.24, 2.45) is 11.7 Å². The van der Waals surface area contributed by atoms with Crippen LogP contribution in [0.5, 0.6) is 0 Å². The van der Waals surface area contributed by atoms with Gasteiger partial charge in [0.1, 0.15) is 6.04 Å². The molecule has 1 fully saturated rings. The molecule has 1 unspecified atom stereocenters. The van der Waals surface area contributed by atoms with Gasteiger partial charge in [-0.15, -0.1) is 0 Å². The van der Waals surface area contributed by atoms with Crippen molar-refractivity contribution >= 4 is 5.97 Å². The molecular weight excluding hydrogens is 130 g/mol. The van der Waals surface area contributed by atoms with E-state index in [-0.39, 0.29) is 5.97 Å². The average Bonchev–Trinajstić information content (AvgIpc) is 2.68. The van der Waals surface area contributed by atoms with Gasteiger partial charge in [0.05, 0.1) is 6.26 Å². The second-order valence-electron chi connectivity index (χ2n) is 2.47. The predicted molar refractivity (Wildman–Crippen MR) is 37.0 cm³/mol. The SMILES string of the molecule is C=COC(=O)C(N)C1CC1. The summed E-state index contributed by atoms with van der Waals surface area (Å²) in [4.78, 5) is 10.8. The van der Waals surface area contributed by atoms with Gasteiger partial charge in [-0.05, 0) is 18.8 Å². The second-order valence-corrected chi connectivity index (χ2v) is 2.47. The van der Waals surface area contributed by atoms with Crippen LogP contribution in [0.4, 0.5) is 0 Å². The van der Waals surface area contributed by atoms with E-state index in [0.717, 1.165) is 19.1 Å². The lowest BCUT2D eigenvalue weighted by Crippen LogP contribution is -2.33. The molecule has 0 radical (unpaired) electrons. The molecule has 10 heavy (non-hydrogen) atoms. The van der Waals surface area contributed by atoms with Crippen LogP contribution in [0.3, 0.4) is 0 Å². The van der Waals surface area contributed by atoms with Crippen molar-refractivity contribution in [1.82, 2.24) is 0 Å². The van der Waals surface area contributed by atoms with Crippen LogP contribution in [0, 0.1) is 5.92 Å². The van der Waals surface area contributed by atoms with Crippen molar-refractivity contribution in [3.63, 3.8) is 0 Å². The molecule has 0 heterocycles. The maximum Gasteiger partial charge on any atom is 0.327 e. The Labute approximate surface area is 59.8 Å². The molecule has 1 aliphatic carbocycles. The summed E-state index contributed by atoms with van der Waals surface area (Å²) in [6.07, 6.45) is 3.21. The highest BCUT2D eigenvalue weighted by Crippen LogP contribution is 2.31. The molecule has 0 aromatic carbocycles. The van der Waals surface area contributed by atoms with E-state index in [1.165, 1.54) is 0 Å². The minimum Gasteiger partial charge on any atom is -0.434 e. The molecular formula is C7H11NO2. The van der Waals surface area contributed by atoms with Gasteiger partial charge in [0.15, 0.2) is 0 Å². The van der Waals surface area contributed by atoms with Crippen molar-refractivity contribution < 1.29 is 9.53 Å². The summed E-state index contributed by atoms with van der Waals surface area (Å²) in [5.74, 6) is -0.00931. The number of ether oxygens (including phenoxy) is 1.